The molecule has 4 aromatic rings. The first-order valence-corrected chi connectivity index (χ1v) is 10.3. The highest BCUT2D eigenvalue weighted by Crippen LogP contribution is 2.32. The molecule has 172 valence electrons. The van der Waals surface area contributed by atoms with Crippen molar-refractivity contribution in [2.75, 3.05) is 46.1 Å². The maximum Gasteiger partial charge on any atom is 0.203 e. The summed E-state index contributed by atoms with van der Waals surface area (Å²) < 4.78 is 23.6. The van der Waals surface area contributed by atoms with Gasteiger partial charge in [0.1, 0.15) is 11.3 Å². The quantitative estimate of drug-likeness (QED) is 0.391. The van der Waals surface area contributed by atoms with Crippen LogP contribution in [-0.4, -0.2) is 50.0 Å². The van der Waals surface area contributed by atoms with Gasteiger partial charge in [0.2, 0.25) is 5.95 Å². The van der Waals surface area contributed by atoms with E-state index in [0.29, 0.717) is 35.4 Å². The molecule has 0 aliphatic carbocycles. The van der Waals surface area contributed by atoms with Crippen LogP contribution in [0.4, 0.5) is 17.5 Å². The van der Waals surface area contributed by atoms with Gasteiger partial charge in [0.15, 0.2) is 23.0 Å². The lowest BCUT2D eigenvalue weighted by atomic mass is 10.2. The Bertz CT molecular complexity index is 1270. The summed E-state index contributed by atoms with van der Waals surface area (Å²) in [5, 5.41) is 6.50. The Balaban J connectivity index is 1.68. The Labute approximate surface area is 192 Å². The number of pyridine rings is 1. The number of hydrogen-bond donors (Lipinski definition) is 2. The van der Waals surface area contributed by atoms with E-state index in [0.717, 1.165) is 28.2 Å². The van der Waals surface area contributed by atoms with Gasteiger partial charge in [0.25, 0.3) is 0 Å². The van der Waals surface area contributed by atoms with E-state index >= 15 is 0 Å². The molecule has 0 radical (unpaired) electrons. The van der Waals surface area contributed by atoms with Crippen molar-refractivity contribution in [1.82, 2.24) is 14.5 Å². The maximum absolute atomic E-state index is 5.46. The number of nitrogens with one attached hydrogen (secondary N) is 2. The molecule has 2 aromatic carbocycles. The minimum absolute atomic E-state index is 0.590. The Morgan fingerprint density at radius 1 is 0.818 bits per heavy atom. The van der Waals surface area contributed by atoms with Gasteiger partial charge in [-0.3, -0.25) is 0 Å². The molecule has 9 heteroatoms. The summed E-state index contributed by atoms with van der Waals surface area (Å²) in [6.45, 7) is 0.590. The molecule has 9 nitrogen and oxygen atoms in total. The third-order valence-corrected chi connectivity index (χ3v) is 5.30. The molecular formula is C24H27N5O4. The van der Waals surface area contributed by atoms with Gasteiger partial charge in [-0.15, -0.1) is 0 Å². The van der Waals surface area contributed by atoms with E-state index in [1.807, 2.05) is 49.5 Å². The number of methoxy groups -OCH3 is 4. The Kier molecular flexibility index (Phi) is 6.39. The summed E-state index contributed by atoms with van der Waals surface area (Å²) in [6, 6.07) is 13.5. The van der Waals surface area contributed by atoms with Gasteiger partial charge >= 0.3 is 0 Å². The van der Waals surface area contributed by atoms with E-state index in [2.05, 4.69) is 25.2 Å². The number of nitrogens with zero attached hydrogens (tertiary/aromatic N) is 3. The van der Waals surface area contributed by atoms with Crippen LogP contribution in [-0.2, 0) is 6.54 Å². The first-order valence-electron chi connectivity index (χ1n) is 10.3. The van der Waals surface area contributed by atoms with Crippen LogP contribution in [0, 0.1) is 0 Å². The number of hydrogen-bond acceptors (Lipinski definition) is 8. The van der Waals surface area contributed by atoms with Gasteiger partial charge in [-0.25, -0.2) is 9.97 Å². The molecule has 2 heterocycles. The zero-order valence-corrected chi connectivity index (χ0v) is 19.3. The maximum atomic E-state index is 5.46. The lowest BCUT2D eigenvalue weighted by Crippen LogP contribution is -2.05. The Hall–Kier alpha value is -4.14. The zero-order valence-electron chi connectivity index (χ0n) is 19.3. The average molecular weight is 450 g/mol. The van der Waals surface area contributed by atoms with Crippen LogP contribution in [0.25, 0.3) is 11.0 Å². The number of fused-ring (bicyclic) bond motifs is 1. The fourth-order valence-electron chi connectivity index (χ4n) is 3.67. The average Bonchev–Trinajstić information content (AvgIpc) is 3.20. The molecule has 0 fully saturated rings. The predicted molar refractivity (Wildman–Crippen MR) is 129 cm³/mol. The number of benzene rings is 2. The van der Waals surface area contributed by atoms with Crippen LogP contribution in [0.2, 0.25) is 0 Å². The van der Waals surface area contributed by atoms with E-state index < -0.39 is 0 Å². The molecule has 2 aromatic heterocycles. The lowest BCUT2D eigenvalue weighted by molar-refractivity contribution is 0.354. The van der Waals surface area contributed by atoms with Crippen LogP contribution in [0.1, 0.15) is 5.56 Å². The molecule has 0 bridgehead atoms. The van der Waals surface area contributed by atoms with Crippen molar-refractivity contribution in [2.45, 2.75) is 6.54 Å². The number of imidazole rings is 1. The summed E-state index contributed by atoms with van der Waals surface area (Å²) >= 11 is 0. The topological polar surface area (TPSA) is 91.7 Å². The van der Waals surface area contributed by atoms with Crippen molar-refractivity contribution in [1.29, 1.82) is 0 Å². The van der Waals surface area contributed by atoms with Crippen molar-refractivity contribution in [2.24, 2.45) is 0 Å². The number of anilines is 3. The largest absolute Gasteiger partial charge is 0.493 e. The van der Waals surface area contributed by atoms with Crippen LogP contribution in [0.5, 0.6) is 23.0 Å². The zero-order chi connectivity index (χ0) is 23.4. The second kappa shape index (κ2) is 9.56. The molecule has 0 spiro atoms. The van der Waals surface area contributed by atoms with Gasteiger partial charge in [-0.05, 0) is 29.8 Å². The fourth-order valence-corrected chi connectivity index (χ4v) is 3.67. The molecule has 33 heavy (non-hydrogen) atoms. The molecular weight excluding hydrogens is 422 g/mol. The summed E-state index contributed by atoms with van der Waals surface area (Å²) in [7, 11) is 8.32. The van der Waals surface area contributed by atoms with Crippen molar-refractivity contribution in [3.63, 3.8) is 0 Å². The third kappa shape index (κ3) is 4.43. The van der Waals surface area contributed by atoms with E-state index in [-0.39, 0.29) is 0 Å². The standard InChI is InChI=1S/C24H27N5O4/c1-25-24-28-17-13-26-23(27-16-7-9-20(31-3)22(11-16)33-5)12-18(17)29(24)14-15-6-8-19(30-2)21(10-15)32-4/h6-13H,14H2,1-5H3,(H,25,28)(H,26,27). The monoisotopic (exact) mass is 449 g/mol. The fraction of sp³-hybridized carbons (Fsp3) is 0.250. The van der Waals surface area contributed by atoms with Gasteiger partial charge in [0.05, 0.1) is 46.7 Å². The molecule has 0 saturated carbocycles. The summed E-state index contributed by atoms with van der Waals surface area (Å²) in [5.41, 5.74) is 3.61. The molecule has 0 aliphatic heterocycles. The summed E-state index contributed by atoms with van der Waals surface area (Å²) in [4.78, 5) is 9.19. The molecule has 0 amide bonds. The third-order valence-electron chi connectivity index (χ3n) is 5.30. The minimum Gasteiger partial charge on any atom is -0.493 e. The highest BCUT2D eigenvalue weighted by atomic mass is 16.5. The highest BCUT2D eigenvalue weighted by molar-refractivity contribution is 5.81. The second-order valence-corrected chi connectivity index (χ2v) is 7.21. The molecule has 0 aliphatic rings. The van der Waals surface area contributed by atoms with Gasteiger partial charge in [-0.2, -0.15) is 0 Å². The second-order valence-electron chi connectivity index (χ2n) is 7.21. The van der Waals surface area contributed by atoms with Crippen molar-refractivity contribution >= 4 is 28.5 Å². The van der Waals surface area contributed by atoms with Crippen LogP contribution in [0.3, 0.4) is 0 Å². The number of aromatic nitrogens is 3. The highest BCUT2D eigenvalue weighted by Gasteiger charge is 2.14. The van der Waals surface area contributed by atoms with Crippen LogP contribution < -0.4 is 29.6 Å². The molecule has 0 unspecified atom stereocenters. The first kappa shape index (κ1) is 22.1. The predicted octanol–water partition coefficient (Wildman–Crippen LogP) is 4.30. The van der Waals surface area contributed by atoms with Crippen LogP contribution >= 0.6 is 0 Å². The summed E-state index contributed by atoms with van der Waals surface area (Å²) in [6.07, 6.45) is 1.75. The Morgan fingerprint density at radius 2 is 1.48 bits per heavy atom. The lowest BCUT2D eigenvalue weighted by Gasteiger charge is -2.13. The van der Waals surface area contributed by atoms with Crippen LogP contribution in [0.15, 0.2) is 48.7 Å². The van der Waals surface area contributed by atoms with Crippen molar-refractivity contribution in [3.05, 3.63) is 54.2 Å². The summed E-state index contributed by atoms with van der Waals surface area (Å²) in [5.74, 6) is 4.10. The van der Waals surface area contributed by atoms with Crippen molar-refractivity contribution < 1.29 is 18.9 Å². The van der Waals surface area contributed by atoms with Gasteiger partial charge < -0.3 is 34.1 Å². The normalized spacial score (nSPS) is 10.7. The molecule has 4 rings (SSSR count). The first-order chi connectivity index (χ1) is 16.1. The van der Waals surface area contributed by atoms with Crippen molar-refractivity contribution in [3.8, 4) is 23.0 Å². The van der Waals surface area contributed by atoms with E-state index in [1.54, 1.807) is 34.6 Å². The Morgan fingerprint density at radius 3 is 2.15 bits per heavy atom. The molecule has 0 atom stereocenters. The molecule has 2 N–H and O–H groups in total. The number of ether oxygens (including phenoxy) is 4. The van der Waals surface area contributed by atoms with Gasteiger partial charge in [0, 0.05) is 24.9 Å². The smallest absolute Gasteiger partial charge is 0.203 e. The minimum atomic E-state index is 0.590. The van der Waals surface area contributed by atoms with E-state index in [9.17, 15) is 0 Å². The van der Waals surface area contributed by atoms with Gasteiger partial charge in [-0.1, -0.05) is 6.07 Å². The molecule has 0 saturated heterocycles. The number of rotatable bonds is 9. The SMILES string of the molecule is CNc1nc2cnc(Nc3ccc(OC)c(OC)c3)cc2n1Cc1ccc(OC)c(OC)c1. The van der Waals surface area contributed by atoms with E-state index in [1.165, 1.54) is 0 Å². The van der Waals surface area contributed by atoms with E-state index in [4.69, 9.17) is 18.9 Å².